The van der Waals surface area contributed by atoms with Crippen LogP contribution in [0.2, 0.25) is 0 Å². The van der Waals surface area contributed by atoms with Gasteiger partial charge in [-0.15, -0.1) is 0 Å². The molecule has 0 aromatic heterocycles. The van der Waals surface area contributed by atoms with Gasteiger partial charge in [-0.2, -0.15) is 0 Å². The molecule has 0 N–H and O–H groups in total. The van der Waals surface area contributed by atoms with E-state index in [1.54, 1.807) is 4.90 Å². The molecule has 0 aliphatic carbocycles. The first-order valence-electron chi connectivity index (χ1n) is 9.03. The molecule has 3 rings (SSSR count). The number of carbonyl (C=O) groups excluding carboxylic acids is 2. The number of nitrogens with zero attached hydrogens (tertiary/aromatic N) is 2. The van der Waals surface area contributed by atoms with Crippen LogP contribution in [-0.2, 0) is 9.59 Å². The van der Waals surface area contributed by atoms with Crippen molar-refractivity contribution in [3.05, 3.63) is 42.5 Å². The van der Waals surface area contributed by atoms with E-state index in [4.69, 9.17) is 4.74 Å². The van der Waals surface area contributed by atoms with Gasteiger partial charge in [-0.1, -0.05) is 51.1 Å². The highest BCUT2D eigenvalue weighted by Crippen LogP contribution is 2.21. The summed E-state index contributed by atoms with van der Waals surface area (Å²) in [4.78, 5) is 28.3. The van der Waals surface area contributed by atoms with Crippen molar-refractivity contribution in [1.82, 2.24) is 9.80 Å². The molecule has 2 amide bonds. The van der Waals surface area contributed by atoms with Crippen LogP contribution in [0.3, 0.4) is 0 Å². The Morgan fingerprint density at radius 2 is 1.54 bits per heavy atom. The SMILES string of the molecule is CC(C)(C)C(=O)N1CCN(C(=O)COc2ccc3ccccc3c2)CC1. The molecule has 0 spiro atoms. The van der Waals surface area contributed by atoms with Crippen LogP contribution in [0.25, 0.3) is 10.8 Å². The van der Waals surface area contributed by atoms with E-state index in [1.807, 2.05) is 68.1 Å². The standard InChI is InChI=1S/C21H26N2O3/c1-21(2,3)20(25)23-12-10-22(11-13-23)19(24)15-26-18-9-8-16-6-4-5-7-17(16)14-18/h4-9,14H,10-13,15H2,1-3H3. The maximum Gasteiger partial charge on any atom is 0.260 e. The summed E-state index contributed by atoms with van der Waals surface area (Å²) in [6, 6.07) is 13.9. The highest BCUT2D eigenvalue weighted by atomic mass is 16.5. The molecule has 1 aliphatic heterocycles. The number of fused-ring (bicyclic) bond motifs is 1. The normalized spacial score (nSPS) is 15.2. The number of hydrogen-bond donors (Lipinski definition) is 0. The van der Waals surface area contributed by atoms with Crippen molar-refractivity contribution in [2.24, 2.45) is 5.41 Å². The molecule has 2 aromatic rings. The fourth-order valence-electron chi connectivity index (χ4n) is 3.13. The Morgan fingerprint density at radius 3 is 2.19 bits per heavy atom. The molecule has 5 heteroatoms. The third-order valence-corrected chi connectivity index (χ3v) is 4.64. The average Bonchev–Trinajstić information content (AvgIpc) is 2.64. The molecule has 1 heterocycles. The van der Waals surface area contributed by atoms with Gasteiger partial charge < -0.3 is 14.5 Å². The summed E-state index contributed by atoms with van der Waals surface area (Å²) in [6.07, 6.45) is 0. The fraction of sp³-hybridized carbons (Fsp3) is 0.429. The lowest BCUT2D eigenvalue weighted by molar-refractivity contribution is -0.145. The lowest BCUT2D eigenvalue weighted by atomic mass is 9.94. The fourth-order valence-corrected chi connectivity index (χ4v) is 3.13. The first kappa shape index (κ1) is 18.2. The third-order valence-electron chi connectivity index (χ3n) is 4.64. The molecule has 0 atom stereocenters. The molecule has 0 bridgehead atoms. The number of rotatable bonds is 3. The highest BCUT2D eigenvalue weighted by molar-refractivity contribution is 5.84. The van der Waals surface area contributed by atoms with Crippen molar-refractivity contribution >= 4 is 22.6 Å². The summed E-state index contributed by atoms with van der Waals surface area (Å²) in [5.74, 6) is 0.789. The number of benzene rings is 2. The van der Waals surface area contributed by atoms with Crippen LogP contribution in [0.5, 0.6) is 5.75 Å². The van der Waals surface area contributed by atoms with Crippen molar-refractivity contribution in [1.29, 1.82) is 0 Å². The molecule has 1 saturated heterocycles. The van der Waals surface area contributed by atoms with Gasteiger partial charge in [-0.05, 0) is 22.9 Å². The van der Waals surface area contributed by atoms with Crippen LogP contribution in [0.4, 0.5) is 0 Å². The van der Waals surface area contributed by atoms with Crippen LogP contribution in [0, 0.1) is 5.41 Å². The summed E-state index contributed by atoms with van der Waals surface area (Å²) in [6.45, 7) is 8.06. The van der Waals surface area contributed by atoms with Gasteiger partial charge in [0.2, 0.25) is 5.91 Å². The maximum atomic E-state index is 12.4. The second-order valence-corrected chi connectivity index (χ2v) is 7.72. The predicted molar refractivity (Wildman–Crippen MR) is 102 cm³/mol. The van der Waals surface area contributed by atoms with Crippen molar-refractivity contribution < 1.29 is 14.3 Å². The largest absolute Gasteiger partial charge is 0.484 e. The first-order valence-corrected chi connectivity index (χ1v) is 9.03. The summed E-state index contributed by atoms with van der Waals surface area (Å²) in [5, 5.41) is 2.23. The topological polar surface area (TPSA) is 49.9 Å². The smallest absolute Gasteiger partial charge is 0.260 e. The van der Waals surface area contributed by atoms with Crippen LogP contribution in [0.1, 0.15) is 20.8 Å². The molecule has 138 valence electrons. The van der Waals surface area contributed by atoms with E-state index in [0.29, 0.717) is 31.9 Å². The zero-order chi connectivity index (χ0) is 18.7. The quantitative estimate of drug-likeness (QED) is 0.851. The van der Waals surface area contributed by atoms with E-state index in [2.05, 4.69) is 0 Å². The number of hydrogen-bond acceptors (Lipinski definition) is 3. The molecular weight excluding hydrogens is 328 g/mol. The van der Waals surface area contributed by atoms with Crippen molar-refractivity contribution in [2.75, 3.05) is 32.8 Å². The Morgan fingerprint density at radius 1 is 0.923 bits per heavy atom. The lowest BCUT2D eigenvalue weighted by Gasteiger charge is -2.37. The van der Waals surface area contributed by atoms with Gasteiger partial charge in [-0.25, -0.2) is 0 Å². The Kier molecular flexibility index (Phi) is 5.16. The summed E-state index contributed by atoms with van der Waals surface area (Å²) >= 11 is 0. The third kappa shape index (κ3) is 4.15. The molecule has 2 aromatic carbocycles. The second kappa shape index (κ2) is 7.36. The summed E-state index contributed by atoms with van der Waals surface area (Å²) in [7, 11) is 0. The van der Waals surface area contributed by atoms with Crippen molar-refractivity contribution in [3.8, 4) is 5.75 Å². The lowest BCUT2D eigenvalue weighted by Crippen LogP contribution is -2.53. The Hall–Kier alpha value is -2.56. The molecule has 5 nitrogen and oxygen atoms in total. The van der Waals surface area contributed by atoms with E-state index >= 15 is 0 Å². The molecule has 0 radical (unpaired) electrons. The predicted octanol–water partition coefficient (Wildman–Crippen LogP) is 2.94. The van der Waals surface area contributed by atoms with Crippen LogP contribution in [-0.4, -0.2) is 54.4 Å². The summed E-state index contributed by atoms with van der Waals surface area (Å²) in [5.41, 5.74) is -0.384. The molecule has 1 fully saturated rings. The van der Waals surface area contributed by atoms with Crippen molar-refractivity contribution in [2.45, 2.75) is 20.8 Å². The van der Waals surface area contributed by atoms with Gasteiger partial charge in [0, 0.05) is 31.6 Å². The zero-order valence-electron chi connectivity index (χ0n) is 15.7. The average molecular weight is 354 g/mol. The molecular formula is C21H26N2O3. The maximum absolute atomic E-state index is 12.4. The number of ether oxygens (including phenoxy) is 1. The van der Waals surface area contributed by atoms with Crippen molar-refractivity contribution in [3.63, 3.8) is 0 Å². The van der Waals surface area contributed by atoms with Crippen LogP contribution in [0.15, 0.2) is 42.5 Å². The minimum atomic E-state index is -0.384. The van der Waals surface area contributed by atoms with Gasteiger partial charge in [0.05, 0.1) is 0 Å². The number of piperazine rings is 1. The Balaban J connectivity index is 1.52. The van der Waals surface area contributed by atoms with E-state index in [0.717, 1.165) is 10.8 Å². The van der Waals surface area contributed by atoms with Crippen LogP contribution < -0.4 is 4.74 Å². The number of carbonyl (C=O) groups is 2. The molecule has 0 saturated carbocycles. The van der Waals surface area contributed by atoms with E-state index in [-0.39, 0.29) is 23.8 Å². The molecule has 0 unspecified atom stereocenters. The van der Waals surface area contributed by atoms with Gasteiger partial charge in [-0.3, -0.25) is 9.59 Å². The van der Waals surface area contributed by atoms with Gasteiger partial charge in [0.15, 0.2) is 6.61 Å². The second-order valence-electron chi connectivity index (χ2n) is 7.72. The minimum Gasteiger partial charge on any atom is -0.484 e. The molecule has 26 heavy (non-hydrogen) atoms. The Labute approximate surface area is 154 Å². The Bertz CT molecular complexity index is 802. The van der Waals surface area contributed by atoms with E-state index in [9.17, 15) is 9.59 Å². The van der Waals surface area contributed by atoms with E-state index < -0.39 is 0 Å². The highest BCUT2D eigenvalue weighted by Gasteiger charge is 2.30. The minimum absolute atomic E-state index is 0.0194. The van der Waals surface area contributed by atoms with Gasteiger partial charge in [0.1, 0.15) is 5.75 Å². The summed E-state index contributed by atoms with van der Waals surface area (Å²) < 4.78 is 5.69. The monoisotopic (exact) mass is 354 g/mol. The number of amides is 2. The van der Waals surface area contributed by atoms with E-state index in [1.165, 1.54) is 0 Å². The van der Waals surface area contributed by atoms with Gasteiger partial charge in [0.25, 0.3) is 5.91 Å². The first-order chi connectivity index (χ1) is 12.3. The van der Waals surface area contributed by atoms with Gasteiger partial charge >= 0.3 is 0 Å². The van der Waals surface area contributed by atoms with Crippen LogP contribution >= 0.6 is 0 Å². The zero-order valence-corrected chi connectivity index (χ0v) is 15.7. The molecule has 1 aliphatic rings.